The van der Waals surface area contributed by atoms with Gasteiger partial charge in [-0.15, -0.1) is 0 Å². The van der Waals surface area contributed by atoms with Gasteiger partial charge in [0.1, 0.15) is 5.69 Å². The summed E-state index contributed by atoms with van der Waals surface area (Å²) in [6, 6.07) is 1.79. The lowest BCUT2D eigenvalue weighted by Gasteiger charge is -1.94. The lowest BCUT2D eigenvalue weighted by atomic mass is 10.1. The number of H-pyrrole nitrogens is 1. The van der Waals surface area contributed by atoms with Crippen LogP contribution in [0.1, 0.15) is 34.6 Å². The number of carboxylic acids is 1. The molecule has 2 unspecified atom stereocenters. The van der Waals surface area contributed by atoms with Crippen molar-refractivity contribution >= 4 is 5.97 Å². The van der Waals surface area contributed by atoms with E-state index in [0.29, 0.717) is 11.6 Å². The van der Waals surface area contributed by atoms with Gasteiger partial charge in [-0.25, -0.2) is 4.79 Å². The molecule has 1 fully saturated rings. The second-order valence-corrected chi connectivity index (χ2v) is 4.18. The molecule has 0 aliphatic heterocycles. The van der Waals surface area contributed by atoms with Crippen LogP contribution in [-0.4, -0.2) is 16.1 Å². The molecule has 1 saturated carbocycles. The fraction of sp³-hybridized carbons (Fsp3) is 0.500. The van der Waals surface area contributed by atoms with Gasteiger partial charge in [0, 0.05) is 11.6 Å². The Hall–Kier alpha value is -1.25. The molecular formula is C10H11NO2. The lowest BCUT2D eigenvalue weighted by molar-refractivity contribution is 0.0691. The molecule has 2 aliphatic carbocycles. The monoisotopic (exact) mass is 177 g/mol. The molecule has 0 saturated heterocycles. The summed E-state index contributed by atoms with van der Waals surface area (Å²) in [5, 5.41) is 8.78. The first-order chi connectivity index (χ1) is 6.18. The summed E-state index contributed by atoms with van der Waals surface area (Å²) >= 11 is 0. The van der Waals surface area contributed by atoms with E-state index in [1.807, 2.05) is 0 Å². The number of hydrogen-bond donors (Lipinski definition) is 2. The van der Waals surface area contributed by atoms with Gasteiger partial charge < -0.3 is 10.1 Å². The van der Waals surface area contributed by atoms with Crippen LogP contribution in [0.3, 0.4) is 0 Å². The van der Waals surface area contributed by atoms with E-state index in [1.165, 1.54) is 11.3 Å². The van der Waals surface area contributed by atoms with Crippen molar-refractivity contribution in [3.05, 3.63) is 23.0 Å². The number of aromatic nitrogens is 1. The summed E-state index contributed by atoms with van der Waals surface area (Å²) in [6.07, 6.45) is 1.07. The van der Waals surface area contributed by atoms with E-state index in [2.05, 4.69) is 11.9 Å². The quantitative estimate of drug-likeness (QED) is 0.684. The zero-order valence-corrected chi connectivity index (χ0v) is 7.37. The number of nitrogens with one attached hydrogen (secondary N) is 1. The third-order valence-corrected chi connectivity index (χ3v) is 3.52. The predicted molar refractivity (Wildman–Crippen MR) is 46.9 cm³/mol. The first kappa shape index (κ1) is 7.18. The van der Waals surface area contributed by atoms with E-state index in [9.17, 15) is 4.79 Å². The summed E-state index contributed by atoms with van der Waals surface area (Å²) in [6.45, 7) is 2.24. The molecule has 3 rings (SSSR count). The minimum atomic E-state index is -0.848. The zero-order chi connectivity index (χ0) is 9.16. The van der Waals surface area contributed by atoms with Crippen molar-refractivity contribution in [3.8, 4) is 0 Å². The van der Waals surface area contributed by atoms with Crippen molar-refractivity contribution in [1.82, 2.24) is 4.98 Å². The third-order valence-electron chi connectivity index (χ3n) is 3.52. The average Bonchev–Trinajstić information content (AvgIpc) is 2.49. The molecule has 2 aliphatic rings. The smallest absolute Gasteiger partial charge is 0.352 e. The van der Waals surface area contributed by atoms with Gasteiger partial charge in [0.05, 0.1) is 0 Å². The molecule has 0 aromatic carbocycles. The van der Waals surface area contributed by atoms with Crippen molar-refractivity contribution in [1.29, 1.82) is 0 Å². The van der Waals surface area contributed by atoms with Crippen molar-refractivity contribution in [2.24, 2.45) is 11.8 Å². The van der Waals surface area contributed by atoms with Crippen LogP contribution in [0.15, 0.2) is 6.07 Å². The van der Waals surface area contributed by atoms with Gasteiger partial charge >= 0.3 is 5.97 Å². The molecule has 0 amide bonds. The Kier molecular flexibility index (Phi) is 1.09. The van der Waals surface area contributed by atoms with Gasteiger partial charge in [0.2, 0.25) is 0 Å². The number of aromatic amines is 1. The Morgan fingerprint density at radius 3 is 3.15 bits per heavy atom. The van der Waals surface area contributed by atoms with E-state index < -0.39 is 5.97 Å². The van der Waals surface area contributed by atoms with Crippen LogP contribution in [0.2, 0.25) is 0 Å². The Labute approximate surface area is 75.8 Å². The van der Waals surface area contributed by atoms with E-state index in [-0.39, 0.29) is 0 Å². The van der Waals surface area contributed by atoms with Gasteiger partial charge in [0.25, 0.3) is 0 Å². The summed E-state index contributed by atoms with van der Waals surface area (Å²) < 4.78 is 0. The first-order valence-electron chi connectivity index (χ1n) is 4.63. The fourth-order valence-corrected chi connectivity index (χ4v) is 2.68. The van der Waals surface area contributed by atoms with E-state index in [4.69, 9.17) is 5.11 Å². The second-order valence-electron chi connectivity index (χ2n) is 4.18. The molecule has 3 heteroatoms. The van der Waals surface area contributed by atoms with Crippen LogP contribution in [0.4, 0.5) is 0 Å². The first-order valence-corrected chi connectivity index (χ1v) is 4.63. The molecule has 0 bridgehead atoms. The highest BCUT2D eigenvalue weighted by Gasteiger charge is 2.53. The van der Waals surface area contributed by atoms with Crippen molar-refractivity contribution in [3.63, 3.8) is 0 Å². The largest absolute Gasteiger partial charge is 0.477 e. The number of aromatic carboxylic acids is 1. The Morgan fingerprint density at radius 1 is 1.69 bits per heavy atom. The molecule has 0 radical (unpaired) electrons. The summed E-state index contributed by atoms with van der Waals surface area (Å²) in [7, 11) is 0. The van der Waals surface area contributed by atoms with Crippen LogP contribution >= 0.6 is 0 Å². The third kappa shape index (κ3) is 0.767. The van der Waals surface area contributed by atoms with Crippen LogP contribution in [-0.2, 0) is 6.42 Å². The van der Waals surface area contributed by atoms with E-state index >= 15 is 0 Å². The van der Waals surface area contributed by atoms with Gasteiger partial charge in [-0.3, -0.25) is 0 Å². The van der Waals surface area contributed by atoms with Gasteiger partial charge in [-0.05, 0) is 29.9 Å². The van der Waals surface area contributed by atoms with Gasteiger partial charge in [-0.1, -0.05) is 6.92 Å². The molecular weight excluding hydrogens is 166 g/mol. The maximum atomic E-state index is 10.7. The van der Waals surface area contributed by atoms with Gasteiger partial charge in [-0.2, -0.15) is 0 Å². The average molecular weight is 177 g/mol. The maximum Gasteiger partial charge on any atom is 0.352 e. The fourth-order valence-electron chi connectivity index (χ4n) is 2.68. The summed E-state index contributed by atoms with van der Waals surface area (Å²) in [4.78, 5) is 13.7. The molecule has 1 heterocycles. The Bertz CT molecular complexity index is 394. The molecule has 1 aromatic heterocycles. The number of hydrogen-bond acceptors (Lipinski definition) is 1. The van der Waals surface area contributed by atoms with E-state index in [1.54, 1.807) is 6.07 Å². The Morgan fingerprint density at radius 2 is 2.46 bits per heavy atom. The minimum Gasteiger partial charge on any atom is -0.477 e. The zero-order valence-electron chi connectivity index (χ0n) is 7.37. The highest BCUT2D eigenvalue weighted by atomic mass is 16.4. The highest BCUT2D eigenvalue weighted by Crippen LogP contribution is 2.60. The van der Waals surface area contributed by atoms with Crippen molar-refractivity contribution in [2.45, 2.75) is 19.3 Å². The predicted octanol–water partition coefficient (Wildman–Crippen LogP) is 1.62. The van der Waals surface area contributed by atoms with E-state index in [0.717, 1.165) is 18.3 Å². The maximum absolute atomic E-state index is 10.7. The standard InChI is InChI=1S/C10H11NO2/c1-4-6-2-5-3-7(10(12)13)11-9(5)8(4)6/h3-4,6,8,11H,2H2,1H3,(H,12,13)/t4-,6?,8?/m1/s1. The lowest BCUT2D eigenvalue weighted by Crippen LogP contribution is -1.96. The van der Waals surface area contributed by atoms with Crippen LogP contribution in [0, 0.1) is 11.8 Å². The normalized spacial score (nSPS) is 34.1. The number of rotatable bonds is 1. The topological polar surface area (TPSA) is 53.1 Å². The summed E-state index contributed by atoms with van der Waals surface area (Å²) in [5.74, 6) is 1.33. The van der Waals surface area contributed by atoms with Crippen LogP contribution in [0.25, 0.3) is 0 Å². The molecule has 1 aromatic rings. The number of fused-ring (bicyclic) bond motifs is 3. The molecule has 68 valence electrons. The minimum absolute atomic E-state index is 0.350. The molecule has 13 heavy (non-hydrogen) atoms. The molecule has 2 N–H and O–H groups in total. The van der Waals surface area contributed by atoms with Crippen molar-refractivity contribution < 1.29 is 9.90 Å². The number of carbonyl (C=O) groups is 1. The highest BCUT2D eigenvalue weighted by molar-refractivity contribution is 5.86. The summed E-state index contributed by atoms with van der Waals surface area (Å²) in [5.41, 5.74) is 2.77. The van der Waals surface area contributed by atoms with Crippen LogP contribution in [0.5, 0.6) is 0 Å². The van der Waals surface area contributed by atoms with Gasteiger partial charge in [0.15, 0.2) is 0 Å². The number of carboxylic acid groups (broad SMARTS) is 1. The SMILES string of the molecule is C[C@@H]1C2Cc3cc(C(=O)O)[nH]c3C21. The van der Waals surface area contributed by atoms with Crippen molar-refractivity contribution in [2.75, 3.05) is 0 Å². The molecule has 0 spiro atoms. The molecule has 3 atom stereocenters. The van der Waals surface area contributed by atoms with Crippen LogP contribution < -0.4 is 0 Å². The molecule has 3 nitrogen and oxygen atoms in total. The Balaban J connectivity index is 2.03. The second kappa shape index (κ2) is 1.97.